The highest BCUT2D eigenvalue weighted by Crippen LogP contribution is 2.31. The standard InChI is InChI=1S/C16H24N4O5S/c1-16(17)9-3-2-4-14(16)15(21)18-10-11-19-26(24,25)13-7-5-12(6-8-13)20(22)23/h5-8,14,19H,2-4,9-11,17H2,1H3,(H,18,21). The lowest BCUT2D eigenvalue weighted by Crippen LogP contribution is -2.53. The van der Waals surface area contributed by atoms with Gasteiger partial charge in [-0.15, -0.1) is 0 Å². The summed E-state index contributed by atoms with van der Waals surface area (Å²) >= 11 is 0. The fraction of sp³-hybridized carbons (Fsp3) is 0.562. The third-order valence-electron chi connectivity index (χ3n) is 4.64. The fourth-order valence-electron chi connectivity index (χ4n) is 3.11. The number of carbonyl (C=O) groups is 1. The molecule has 2 atom stereocenters. The zero-order valence-corrected chi connectivity index (χ0v) is 15.4. The maximum absolute atomic E-state index is 12.3. The minimum Gasteiger partial charge on any atom is -0.354 e. The first-order chi connectivity index (χ1) is 12.1. The molecule has 0 spiro atoms. The Morgan fingerprint density at radius 3 is 2.54 bits per heavy atom. The molecule has 1 saturated carbocycles. The predicted molar refractivity (Wildman–Crippen MR) is 95.8 cm³/mol. The van der Waals surface area contributed by atoms with Crippen molar-refractivity contribution in [3.05, 3.63) is 34.4 Å². The average Bonchev–Trinajstić information content (AvgIpc) is 2.58. The number of carbonyl (C=O) groups excluding carboxylic acids is 1. The number of nitrogens with zero attached hydrogens (tertiary/aromatic N) is 1. The second-order valence-electron chi connectivity index (χ2n) is 6.74. The summed E-state index contributed by atoms with van der Waals surface area (Å²) in [5.41, 5.74) is 5.46. The first kappa shape index (κ1) is 20.3. The Balaban J connectivity index is 1.84. The summed E-state index contributed by atoms with van der Waals surface area (Å²) < 4.78 is 26.7. The van der Waals surface area contributed by atoms with E-state index in [0.29, 0.717) is 0 Å². The molecule has 0 aliphatic heterocycles. The topological polar surface area (TPSA) is 144 Å². The van der Waals surface area contributed by atoms with Crippen LogP contribution in [0.4, 0.5) is 5.69 Å². The second kappa shape index (κ2) is 8.11. The van der Waals surface area contributed by atoms with Crippen molar-refractivity contribution in [2.24, 2.45) is 11.7 Å². The number of nitrogens with one attached hydrogen (secondary N) is 2. The largest absolute Gasteiger partial charge is 0.354 e. The molecule has 1 fully saturated rings. The lowest BCUT2D eigenvalue weighted by atomic mass is 9.74. The molecule has 1 aromatic rings. The van der Waals surface area contributed by atoms with Crippen molar-refractivity contribution in [1.82, 2.24) is 10.0 Å². The monoisotopic (exact) mass is 384 g/mol. The molecule has 26 heavy (non-hydrogen) atoms. The minimum absolute atomic E-state index is 0.0130. The van der Waals surface area contributed by atoms with Gasteiger partial charge in [0.15, 0.2) is 0 Å². The van der Waals surface area contributed by atoms with Crippen molar-refractivity contribution in [3.63, 3.8) is 0 Å². The van der Waals surface area contributed by atoms with Gasteiger partial charge in [0.05, 0.1) is 15.7 Å². The molecule has 1 aliphatic rings. The molecule has 1 aromatic carbocycles. The first-order valence-electron chi connectivity index (χ1n) is 8.44. The van der Waals surface area contributed by atoms with Crippen LogP contribution >= 0.6 is 0 Å². The number of amides is 1. The van der Waals surface area contributed by atoms with Crippen molar-refractivity contribution >= 4 is 21.6 Å². The van der Waals surface area contributed by atoms with Crippen LogP contribution in [-0.2, 0) is 14.8 Å². The fourth-order valence-corrected chi connectivity index (χ4v) is 4.15. The van der Waals surface area contributed by atoms with Gasteiger partial charge in [-0.2, -0.15) is 0 Å². The second-order valence-corrected chi connectivity index (χ2v) is 8.51. The van der Waals surface area contributed by atoms with Gasteiger partial charge in [0, 0.05) is 30.8 Å². The number of hydrogen-bond acceptors (Lipinski definition) is 6. The van der Waals surface area contributed by atoms with Gasteiger partial charge in [-0.1, -0.05) is 12.8 Å². The highest BCUT2D eigenvalue weighted by atomic mass is 32.2. The molecule has 4 N–H and O–H groups in total. The SMILES string of the molecule is CC1(N)CCCCC1C(=O)NCCNS(=O)(=O)c1ccc([N+](=O)[O-])cc1. The molecule has 0 saturated heterocycles. The van der Waals surface area contributed by atoms with Crippen LogP contribution < -0.4 is 15.8 Å². The van der Waals surface area contributed by atoms with Crippen LogP contribution in [0.2, 0.25) is 0 Å². The Morgan fingerprint density at radius 2 is 1.96 bits per heavy atom. The van der Waals surface area contributed by atoms with E-state index in [9.17, 15) is 23.3 Å². The van der Waals surface area contributed by atoms with Crippen molar-refractivity contribution in [2.75, 3.05) is 13.1 Å². The molecular weight excluding hydrogens is 360 g/mol. The van der Waals surface area contributed by atoms with E-state index in [0.717, 1.165) is 37.8 Å². The van der Waals surface area contributed by atoms with E-state index in [-0.39, 0.29) is 35.5 Å². The summed E-state index contributed by atoms with van der Waals surface area (Å²) in [5.74, 6) is -0.438. The Hall–Kier alpha value is -2.04. The van der Waals surface area contributed by atoms with E-state index >= 15 is 0 Å². The van der Waals surface area contributed by atoms with Gasteiger partial charge >= 0.3 is 0 Å². The highest BCUT2D eigenvalue weighted by Gasteiger charge is 2.37. The molecule has 0 heterocycles. The number of sulfonamides is 1. The lowest BCUT2D eigenvalue weighted by Gasteiger charge is -2.37. The maximum Gasteiger partial charge on any atom is 0.269 e. The van der Waals surface area contributed by atoms with Crippen LogP contribution in [-0.4, -0.2) is 37.9 Å². The Morgan fingerprint density at radius 1 is 1.31 bits per heavy atom. The van der Waals surface area contributed by atoms with Crippen LogP contribution in [0.1, 0.15) is 32.6 Å². The van der Waals surface area contributed by atoms with Crippen LogP contribution in [0.25, 0.3) is 0 Å². The van der Waals surface area contributed by atoms with E-state index < -0.39 is 20.5 Å². The summed E-state index contributed by atoms with van der Waals surface area (Å²) in [6, 6.07) is 4.59. The highest BCUT2D eigenvalue weighted by molar-refractivity contribution is 7.89. The van der Waals surface area contributed by atoms with Gasteiger partial charge in [-0.05, 0) is 31.9 Å². The Bertz CT molecular complexity index is 761. The molecule has 0 bridgehead atoms. The number of nitro groups is 1. The normalized spacial score (nSPS) is 23.4. The van der Waals surface area contributed by atoms with E-state index in [1.165, 1.54) is 12.1 Å². The lowest BCUT2D eigenvalue weighted by molar-refractivity contribution is -0.384. The number of benzene rings is 1. The summed E-state index contributed by atoms with van der Waals surface area (Å²) in [7, 11) is -3.80. The predicted octanol–water partition coefficient (Wildman–Crippen LogP) is 0.897. The number of rotatable bonds is 7. The van der Waals surface area contributed by atoms with Gasteiger partial charge in [-0.3, -0.25) is 14.9 Å². The molecule has 2 unspecified atom stereocenters. The molecule has 0 aromatic heterocycles. The smallest absolute Gasteiger partial charge is 0.269 e. The van der Waals surface area contributed by atoms with Crippen molar-refractivity contribution in [2.45, 2.75) is 43.0 Å². The van der Waals surface area contributed by atoms with Gasteiger partial charge in [0.1, 0.15) is 0 Å². The molecule has 0 radical (unpaired) electrons. The average molecular weight is 384 g/mol. The van der Waals surface area contributed by atoms with Crippen LogP contribution in [0, 0.1) is 16.0 Å². The first-order valence-corrected chi connectivity index (χ1v) is 9.92. The zero-order valence-electron chi connectivity index (χ0n) is 14.6. The molecule has 1 amide bonds. The van der Waals surface area contributed by atoms with Gasteiger partial charge < -0.3 is 11.1 Å². The van der Waals surface area contributed by atoms with Gasteiger partial charge in [0.25, 0.3) is 5.69 Å². The number of non-ortho nitro benzene ring substituents is 1. The maximum atomic E-state index is 12.3. The van der Waals surface area contributed by atoms with E-state index in [2.05, 4.69) is 10.0 Å². The van der Waals surface area contributed by atoms with Crippen LogP contribution in [0.5, 0.6) is 0 Å². The van der Waals surface area contributed by atoms with E-state index in [1.807, 2.05) is 6.92 Å². The van der Waals surface area contributed by atoms with Gasteiger partial charge in [-0.25, -0.2) is 13.1 Å². The molecule has 1 aliphatic carbocycles. The number of hydrogen-bond donors (Lipinski definition) is 3. The van der Waals surface area contributed by atoms with Gasteiger partial charge in [0.2, 0.25) is 15.9 Å². The van der Waals surface area contributed by atoms with Crippen molar-refractivity contribution < 1.29 is 18.1 Å². The van der Waals surface area contributed by atoms with Crippen molar-refractivity contribution in [3.8, 4) is 0 Å². The van der Waals surface area contributed by atoms with E-state index in [1.54, 1.807) is 0 Å². The molecule has 2 rings (SSSR count). The quantitative estimate of drug-likeness (QED) is 0.362. The van der Waals surface area contributed by atoms with Crippen LogP contribution in [0.15, 0.2) is 29.2 Å². The zero-order chi connectivity index (χ0) is 19.4. The molecule has 144 valence electrons. The minimum atomic E-state index is -3.80. The molecule has 9 nitrogen and oxygen atoms in total. The Labute approximate surface area is 152 Å². The van der Waals surface area contributed by atoms with E-state index in [4.69, 9.17) is 5.73 Å². The molecule has 10 heteroatoms. The Kier molecular flexibility index (Phi) is 6.32. The van der Waals surface area contributed by atoms with Crippen molar-refractivity contribution in [1.29, 1.82) is 0 Å². The summed E-state index contributed by atoms with van der Waals surface area (Å²) in [4.78, 5) is 22.2. The van der Waals surface area contributed by atoms with Crippen LogP contribution in [0.3, 0.4) is 0 Å². The summed E-state index contributed by atoms with van der Waals surface area (Å²) in [6.45, 7) is 2.02. The molecular formula is C16H24N4O5S. The third-order valence-corrected chi connectivity index (χ3v) is 6.12. The summed E-state index contributed by atoms with van der Waals surface area (Å²) in [6.07, 6.45) is 3.48. The third kappa shape index (κ3) is 4.99. The number of nitrogens with two attached hydrogens (primary N) is 1. The summed E-state index contributed by atoms with van der Waals surface area (Å²) in [5, 5.41) is 13.3. The number of nitro benzene ring substituents is 1.